The second-order valence-electron chi connectivity index (χ2n) is 6.71. The first kappa shape index (κ1) is 14.9. The molecule has 22 heavy (non-hydrogen) atoms. The van der Waals surface area contributed by atoms with Crippen LogP contribution in [0.3, 0.4) is 0 Å². The zero-order chi connectivity index (χ0) is 15.6. The Morgan fingerprint density at radius 3 is 2.50 bits per heavy atom. The molecule has 118 valence electrons. The number of carboxylic acid groups (broad SMARTS) is 1. The van der Waals surface area contributed by atoms with E-state index in [9.17, 15) is 9.59 Å². The summed E-state index contributed by atoms with van der Waals surface area (Å²) in [7, 11) is 0. The van der Waals surface area contributed by atoms with Gasteiger partial charge >= 0.3 is 12.1 Å². The first-order valence-corrected chi connectivity index (χ1v) is 7.72. The number of carboxylic acids is 1. The summed E-state index contributed by atoms with van der Waals surface area (Å²) in [5, 5.41) is 11.8. The topological polar surface area (TPSA) is 75.6 Å². The number of ether oxygens (including phenoxy) is 1. The Labute approximate surface area is 129 Å². The van der Waals surface area contributed by atoms with Crippen molar-refractivity contribution in [2.45, 2.75) is 38.7 Å². The largest absolute Gasteiger partial charge is 0.481 e. The van der Waals surface area contributed by atoms with Crippen LogP contribution >= 0.6 is 0 Å². The lowest BCUT2D eigenvalue weighted by atomic mass is 9.34. The van der Waals surface area contributed by atoms with Gasteiger partial charge in [0.1, 0.15) is 6.61 Å². The molecule has 1 aromatic carbocycles. The van der Waals surface area contributed by atoms with Crippen molar-refractivity contribution in [3.63, 3.8) is 0 Å². The summed E-state index contributed by atoms with van der Waals surface area (Å²) in [6, 6.07) is 9.56. The van der Waals surface area contributed by atoms with Gasteiger partial charge in [-0.25, -0.2) is 4.79 Å². The van der Waals surface area contributed by atoms with Crippen molar-refractivity contribution < 1.29 is 19.4 Å². The second-order valence-corrected chi connectivity index (χ2v) is 6.71. The zero-order valence-corrected chi connectivity index (χ0v) is 12.5. The van der Waals surface area contributed by atoms with Gasteiger partial charge in [0.15, 0.2) is 0 Å². The van der Waals surface area contributed by atoms with Crippen molar-refractivity contribution in [3.8, 4) is 0 Å². The smallest absolute Gasteiger partial charge is 0.407 e. The van der Waals surface area contributed by atoms with Gasteiger partial charge in [0.25, 0.3) is 0 Å². The van der Waals surface area contributed by atoms with Gasteiger partial charge < -0.3 is 15.2 Å². The molecule has 3 aliphatic carbocycles. The Balaban J connectivity index is 1.27. The number of hydrogen-bond acceptors (Lipinski definition) is 3. The van der Waals surface area contributed by atoms with Gasteiger partial charge in [-0.15, -0.1) is 0 Å². The van der Waals surface area contributed by atoms with Crippen LogP contribution in [0.1, 0.15) is 37.7 Å². The number of alkyl carbamates (subject to hydrolysis) is 1. The lowest BCUT2D eigenvalue weighted by Crippen LogP contribution is -2.65. The summed E-state index contributed by atoms with van der Waals surface area (Å²) in [5.74, 6) is -0.642. The standard InChI is InChI=1S/C17H21NO4/c19-14(20)17-10-16(11-17,12-17)7-4-8-18-15(21)22-9-13-5-2-1-3-6-13/h1-3,5-6H,4,7-12H2,(H,18,21)(H,19,20). The van der Waals surface area contributed by atoms with Gasteiger partial charge in [0, 0.05) is 6.54 Å². The maximum Gasteiger partial charge on any atom is 0.407 e. The Hall–Kier alpha value is -2.04. The normalized spacial score (nSPS) is 28.2. The number of benzene rings is 1. The summed E-state index contributed by atoms with van der Waals surface area (Å²) in [6.45, 7) is 0.854. The molecule has 2 N–H and O–H groups in total. The molecule has 0 heterocycles. The minimum atomic E-state index is -0.642. The molecule has 4 rings (SSSR count). The minimum Gasteiger partial charge on any atom is -0.481 e. The number of amides is 1. The average Bonchev–Trinajstić information content (AvgIpc) is 2.42. The van der Waals surface area contributed by atoms with Crippen molar-refractivity contribution in [1.29, 1.82) is 0 Å². The van der Waals surface area contributed by atoms with Crippen LogP contribution in [0.2, 0.25) is 0 Å². The quantitative estimate of drug-likeness (QED) is 0.759. The third-order valence-electron chi connectivity index (χ3n) is 4.96. The Morgan fingerprint density at radius 1 is 1.18 bits per heavy atom. The number of rotatable bonds is 7. The molecule has 0 aromatic heterocycles. The molecule has 5 nitrogen and oxygen atoms in total. The third-order valence-corrected chi connectivity index (χ3v) is 4.96. The monoisotopic (exact) mass is 303 g/mol. The molecule has 5 heteroatoms. The van der Waals surface area contributed by atoms with Crippen LogP contribution in [0.4, 0.5) is 4.79 Å². The summed E-state index contributed by atoms with van der Waals surface area (Å²) in [5.41, 5.74) is 0.807. The maximum absolute atomic E-state index is 11.6. The Morgan fingerprint density at radius 2 is 1.86 bits per heavy atom. The van der Waals surface area contributed by atoms with Gasteiger partial charge in [0.2, 0.25) is 0 Å². The van der Waals surface area contributed by atoms with E-state index in [1.54, 1.807) is 0 Å². The van der Waals surface area contributed by atoms with E-state index in [1.807, 2.05) is 30.3 Å². The fourth-order valence-corrected chi connectivity index (χ4v) is 3.92. The van der Waals surface area contributed by atoms with E-state index in [-0.39, 0.29) is 12.0 Å². The van der Waals surface area contributed by atoms with Crippen molar-refractivity contribution >= 4 is 12.1 Å². The van der Waals surface area contributed by atoms with Crippen LogP contribution < -0.4 is 5.32 Å². The number of carbonyl (C=O) groups is 2. The molecule has 1 amide bonds. The molecule has 1 aromatic rings. The summed E-state index contributed by atoms with van der Waals surface area (Å²) >= 11 is 0. The molecular weight excluding hydrogens is 282 g/mol. The Bertz CT molecular complexity index is 550. The van der Waals surface area contributed by atoms with Gasteiger partial charge in [0.05, 0.1) is 5.41 Å². The van der Waals surface area contributed by atoms with E-state index in [0.717, 1.165) is 37.7 Å². The predicted molar refractivity (Wildman–Crippen MR) is 80.2 cm³/mol. The summed E-state index contributed by atoms with van der Waals surface area (Å²) < 4.78 is 5.13. The van der Waals surface area contributed by atoms with E-state index in [0.29, 0.717) is 6.54 Å². The molecule has 0 saturated heterocycles. The van der Waals surface area contributed by atoms with Crippen LogP contribution in [-0.2, 0) is 16.1 Å². The summed E-state index contributed by atoms with van der Waals surface area (Å²) in [4.78, 5) is 22.6. The molecule has 0 atom stereocenters. The van der Waals surface area contributed by atoms with Gasteiger partial charge in [-0.05, 0) is 43.1 Å². The predicted octanol–water partition coefficient (Wildman–Crippen LogP) is 2.95. The van der Waals surface area contributed by atoms with Crippen molar-refractivity contribution in [3.05, 3.63) is 35.9 Å². The first-order valence-electron chi connectivity index (χ1n) is 7.72. The van der Waals surface area contributed by atoms with Crippen molar-refractivity contribution in [1.82, 2.24) is 5.32 Å². The number of carbonyl (C=O) groups excluding carboxylic acids is 1. The molecule has 0 radical (unpaired) electrons. The lowest BCUT2D eigenvalue weighted by Gasteiger charge is -2.68. The van der Waals surface area contributed by atoms with Crippen LogP contribution in [0, 0.1) is 10.8 Å². The highest BCUT2D eigenvalue weighted by Gasteiger charge is 2.70. The molecule has 3 saturated carbocycles. The van der Waals surface area contributed by atoms with Gasteiger partial charge in [-0.2, -0.15) is 0 Å². The summed E-state index contributed by atoms with van der Waals surface area (Å²) in [6.07, 6.45) is 3.90. The van der Waals surface area contributed by atoms with E-state index < -0.39 is 17.5 Å². The minimum absolute atomic E-state index is 0.244. The molecule has 0 unspecified atom stereocenters. The van der Waals surface area contributed by atoms with E-state index >= 15 is 0 Å². The Kier molecular flexibility index (Phi) is 3.81. The van der Waals surface area contributed by atoms with Crippen LogP contribution in [-0.4, -0.2) is 23.7 Å². The maximum atomic E-state index is 11.6. The average molecular weight is 303 g/mol. The highest BCUT2D eigenvalue weighted by molar-refractivity contribution is 5.79. The molecule has 3 fully saturated rings. The fourth-order valence-electron chi connectivity index (χ4n) is 3.92. The molecule has 3 aliphatic rings. The highest BCUT2D eigenvalue weighted by Crippen LogP contribution is 2.75. The van der Waals surface area contributed by atoms with Crippen molar-refractivity contribution in [2.24, 2.45) is 10.8 Å². The molecular formula is C17H21NO4. The first-order chi connectivity index (χ1) is 10.5. The SMILES string of the molecule is O=C(NCCCC12CC(C(=O)O)(C1)C2)OCc1ccccc1. The van der Waals surface area contributed by atoms with Crippen LogP contribution in [0.15, 0.2) is 30.3 Å². The third kappa shape index (κ3) is 2.80. The van der Waals surface area contributed by atoms with Crippen LogP contribution in [0.5, 0.6) is 0 Å². The number of nitrogens with one attached hydrogen (secondary N) is 1. The van der Waals surface area contributed by atoms with Gasteiger partial charge in [-0.3, -0.25) is 4.79 Å². The van der Waals surface area contributed by atoms with E-state index in [2.05, 4.69) is 5.32 Å². The molecule has 0 spiro atoms. The molecule has 2 bridgehead atoms. The molecule has 0 aliphatic heterocycles. The van der Waals surface area contributed by atoms with E-state index in [4.69, 9.17) is 9.84 Å². The van der Waals surface area contributed by atoms with Gasteiger partial charge in [-0.1, -0.05) is 30.3 Å². The number of aliphatic carboxylic acids is 1. The number of hydrogen-bond donors (Lipinski definition) is 2. The van der Waals surface area contributed by atoms with E-state index in [1.165, 1.54) is 0 Å². The van der Waals surface area contributed by atoms with Crippen LogP contribution in [0.25, 0.3) is 0 Å². The zero-order valence-electron chi connectivity index (χ0n) is 12.5. The second kappa shape index (κ2) is 5.63. The lowest BCUT2D eigenvalue weighted by molar-refractivity contribution is -0.225. The van der Waals surface area contributed by atoms with Crippen molar-refractivity contribution in [2.75, 3.05) is 6.54 Å². The highest BCUT2D eigenvalue weighted by atomic mass is 16.5. The fraction of sp³-hybridized carbons (Fsp3) is 0.529.